The molecule has 6 rings (SSSR count). The molecule has 3 aliphatic rings. The van der Waals surface area contributed by atoms with Crippen LogP contribution in [0, 0.1) is 12.7 Å². The zero-order valence-corrected chi connectivity index (χ0v) is 20.7. The molecule has 0 bridgehead atoms. The number of rotatable bonds is 2. The van der Waals surface area contributed by atoms with Crippen molar-refractivity contribution in [1.82, 2.24) is 10.3 Å². The summed E-state index contributed by atoms with van der Waals surface area (Å²) in [6.45, 7) is 1.86. The maximum atomic E-state index is 14.7. The first-order valence-electron chi connectivity index (χ1n) is 11.5. The molecule has 0 saturated carbocycles. The van der Waals surface area contributed by atoms with Gasteiger partial charge in [-0.15, -0.1) is 0 Å². The average Bonchev–Trinajstić information content (AvgIpc) is 3.11. The first kappa shape index (κ1) is 23.0. The highest BCUT2D eigenvalue weighted by molar-refractivity contribution is 6.31. The first-order chi connectivity index (χ1) is 17.3. The number of carbonyl (C=O) groups is 2. The van der Waals surface area contributed by atoms with Crippen LogP contribution in [0.15, 0.2) is 65.8 Å². The number of amidine groups is 1. The third kappa shape index (κ3) is 3.33. The van der Waals surface area contributed by atoms with Crippen molar-refractivity contribution >= 4 is 46.5 Å². The predicted octanol–water partition coefficient (Wildman–Crippen LogP) is 5.30. The number of amides is 2. The Morgan fingerprint density at radius 3 is 2.67 bits per heavy atom. The number of piperidine rings is 1. The van der Waals surface area contributed by atoms with E-state index in [1.165, 1.54) is 12.1 Å². The zero-order chi connectivity index (χ0) is 25.2. The highest BCUT2D eigenvalue weighted by Gasteiger charge is 2.63. The van der Waals surface area contributed by atoms with E-state index in [0.717, 1.165) is 16.7 Å². The van der Waals surface area contributed by atoms with Crippen LogP contribution in [0.1, 0.15) is 40.6 Å². The summed E-state index contributed by atoms with van der Waals surface area (Å²) in [7, 11) is 0. The van der Waals surface area contributed by atoms with Crippen LogP contribution in [0.4, 0.5) is 10.1 Å². The molecular weight excluding hydrogens is 502 g/mol. The van der Waals surface area contributed by atoms with E-state index in [9.17, 15) is 14.0 Å². The van der Waals surface area contributed by atoms with Gasteiger partial charge in [-0.25, -0.2) is 9.82 Å². The van der Waals surface area contributed by atoms with E-state index in [1.54, 1.807) is 24.3 Å². The molecule has 9 heteroatoms. The molecule has 36 heavy (non-hydrogen) atoms. The van der Waals surface area contributed by atoms with Crippen molar-refractivity contribution in [2.75, 3.05) is 11.9 Å². The van der Waals surface area contributed by atoms with Gasteiger partial charge in [-0.3, -0.25) is 9.59 Å². The number of hydrogen-bond acceptors (Lipinski definition) is 4. The minimum atomic E-state index is -1.22. The third-order valence-corrected chi connectivity index (χ3v) is 7.94. The topological polar surface area (TPSA) is 73.8 Å². The summed E-state index contributed by atoms with van der Waals surface area (Å²) in [6.07, 6.45) is 0.362. The Morgan fingerprint density at radius 1 is 1.06 bits per heavy atom. The third-order valence-electron chi connectivity index (χ3n) is 7.47. The molecule has 1 fully saturated rings. The number of fused-ring (bicyclic) bond motifs is 3. The summed E-state index contributed by atoms with van der Waals surface area (Å²) in [5.41, 5.74) is 4.94. The minimum absolute atomic E-state index is 0.0142. The number of hydrazone groups is 1. The van der Waals surface area contributed by atoms with Gasteiger partial charge in [0.05, 0.1) is 6.04 Å². The number of nitrogens with zero attached hydrogens (tertiary/aromatic N) is 2. The monoisotopic (exact) mass is 522 g/mol. The lowest BCUT2D eigenvalue weighted by Crippen LogP contribution is -2.61. The number of nitrogens with one attached hydrogen (secondary N) is 2. The van der Waals surface area contributed by atoms with Crippen molar-refractivity contribution < 1.29 is 14.0 Å². The van der Waals surface area contributed by atoms with Crippen molar-refractivity contribution in [1.29, 1.82) is 0 Å². The molecule has 0 aliphatic carbocycles. The number of aryl methyl sites for hydroxylation is 1. The fraction of sp³-hybridized carbons (Fsp3) is 0.222. The van der Waals surface area contributed by atoms with Crippen LogP contribution in [-0.2, 0) is 15.0 Å². The Morgan fingerprint density at radius 2 is 1.86 bits per heavy atom. The number of anilines is 1. The Bertz CT molecular complexity index is 1480. The second-order valence-corrected chi connectivity index (χ2v) is 10.3. The first-order valence-corrected chi connectivity index (χ1v) is 12.3. The van der Waals surface area contributed by atoms with Crippen molar-refractivity contribution in [2.24, 2.45) is 5.10 Å². The normalized spacial score (nSPS) is 24.7. The Kier molecular flexibility index (Phi) is 5.32. The van der Waals surface area contributed by atoms with Gasteiger partial charge in [0.1, 0.15) is 23.6 Å². The molecule has 0 aromatic heterocycles. The standard InChI is InChI=1S/C27H21Cl2FN4O2/c1-14-5-7-18(30)11-19(14)25-27(20-8-6-17(29)10-22(20)31-26(27)36)21(15-3-2-4-16(28)9-15)12-23-32-33-24(35)13-34(23)25/h2-11,21,25H,12-13H2,1H3,(H,31,36)(H,33,35)/t21-,25+,27?/m0/s1. The van der Waals surface area contributed by atoms with E-state index in [-0.39, 0.29) is 18.4 Å². The van der Waals surface area contributed by atoms with Crippen LogP contribution < -0.4 is 10.7 Å². The number of hydrogen-bond donors (Lipinski definition) is 2. The van der Waals surface area contributed by atoms with Crippen molar-refractivity contribution in [2.45, 2.75) is 30.7 Å². The highest BCUT2D eigenvalue weighted by atomic mass is 35.5. The Labute approximate surface area is 217 Å². The fourth-order valence-corrected chi connectivity index (χ4v) is 6.40. The molecule has 1 spiro atoms. The second-order valence-electron chi connectivity index (χ2n) is 9.42. The molecule has 3 atom stereocenters. The van der Waals surface area contributed by atoms with Crippen LogP contribution in [0.2, 0.25) is 10.0 Å². The predicted molar refractivity (Wildman–Crippen MR) is 137 cm³/mol. The minimum Gasteiger partial charge on any atom is -0.341 e. The zero-order valence-electron chi connectivity index (χ0n) is 19.2. The molecular formula is C27H21Cl2FN4O2. The van der Waals surface area contributed by atoms with Gasteiger partial charge in [-0.2, -0.15) is 5.10 Å². The van der Waals surface area contributed by atoms with Gasteiger partial charge >= 0.3 is 0 Å². The lowest BCUT2D eigenvalue weighted by molar-refractivity contribution is -0.128. The van der Waals surface area contributed by atoms with E-state index < -0.39 is 23.2 Å². The number of benzene rings is 3. The summed E-state index contributed by atoms with van der Waals surface area (Å²) in [6, 6.07) is 16.5. The van der Waals surface area contributed by atoms with Gasteiger partial charge in [-0.1, -0.05) is 47.5 Å². The second kappa shape index (κ2) is 8.32. The lowest BCUT2D eigenvalue weighted by atomic mass is 9.58. The number of carbonyl (C=O) groups excluding carboxylic acids is 2. The van der Waals surface area contributed by atoms with Crippen LogP contribution >= 0.6 is 23.2 Å². The van der Waals surface area contributed by atoms with Gasteiger partial charge in [0, 0.05) is 28.1 Å². The van der Waals surface area contributed by atoms with E-state index in [0.29, 0.717) is 33.6 Å². The number of halogens is 3. The molecule has 2 N–H and O–H groups in total. The molecule has 3 aromatic carbocycles. The lowest BCUT2D eigenvalue weighted by Gasteiger charge is -2.53. The molecule has 6 nitrogen and oxygen atoms in total. The molecule has 3 heterocycles. The molecule has 182 valence electrons. The van der Waals surface area contributed by atoms with Gasteiger partial charge in [0.25, 0.3) is 5.91 Å². The van der Waals surface area contributed by atoms with Crippen LogP contribution in [-0.4, -0.2) is 29.1 Å². The molecule has 1 saturated heterocycles. The van der Waals surface area contributed by atoms with E-state index in [2.05, 4.69) is 15.8 Å². The molecule has 0 radical (unpaired) electrons. The van der Waals surface area contributed by atoms with E-state index in [4.69, 9.17) is 23.2 Å². The maximum absolute atomic E-state index is 14.7. The maximum Gasteiger partial charge on any atom is 0.259 e. The summed E-state index contributed by atoms with van der Waals surface area (Å²) in [5, 5.41) is 8.43. The summed E-state index contributed by atoms with van der Waals surface area (Å²) >= 11 is 12.7. The van der Waals surface area contributed by atoms with Gasteiger partial charge in [-0.05, 0) is 65.6 Å². The smallest absolute Gasteiger partial charge is 0.259 e. The SMILES string of the molecule is Cc1ccc(F)cc1[C@H]1N2CC(=O)NN=C2C[C@@H](c2cccc(Cl)c2)C12C(=O)Nc1cc(Cl)ccc12. The summed E-state index contributed by atoms with van der Waals surface area (Å²) in [4.78, 5) is 28.7. The molecule has 2 amide bonds. The largest absolute Gasteiger partial charge is 0.341 e. The molecule has 1 unspecified atom stereocenters. The van der Waals surface area contributed by atoms with E-state index >= 15 is 0 Å². The van der Waals surface area contributed by atoms with Crippen molar-refractivity contribution in [3.63, 3.8) is 0 Å². The highest BCUT2D eigenvalue weighted by Crippen LogP contribution is 2.60. The van der Waals surface area contributed by atoms with Crippen molar-refractivity contribution in [3.8, 4) is 0 Å². The van der Waals surface area contributed by atoms with Gasteiger partial charge in [0.15, 0.2) is 0 Å². The quantitative estimate of drug-likeness (QED) is 0.479. The van der Waals surface area contributed by atoms with Crippen molar-refractivity contribution in [3.05, 3.63) is 98.8 Å². The molecule has 3 aliphatic heterocycles. The van der Waals surface area contributed by atoms with Crippen LogP contribution in [0.25, 0.3) is 0 Å². The van der Waals surface area contributed by atoms with E-state index in [1.807, 2.05) is 36.1 Å². The molecule has 3 aromatic rings. The Balaban J connectivity index is 1.72. The Hall–Kier alpha value is -3.42. The van der Waals surface area contributed by atoms with Gasteiger partial charge < -0.3 is 10.2 Å². The van der Waals surface area contributed by atoms with Crippen LogP contribution in [0.5, 0.6) is 0 Å². The van der Waals surface area contributed by atoms with Crippen LogP contribution in [0.3, 0.4) is 0 Å². The summed E-state index contributed by atoms with van der Waals surface area (Å²) < 4.78 is 14.7. The average molecular weight is 523 g/mol. The fourth-order valence-electron chi connectivity index (χ4n) is 6.02. The summed E-state index contributed by atoms with van der Waals surface area (Å²) in [5.74, 6) is -0.775. The van der Waals surface area contributed by atoms with Gasteiger partial charge in [0.2, 0.25) is 5.91 Å².